The molecule has 0 bridgehead atoms. The Morgan fingerprint density at radius 2 is 1.96 bits per heavy atom. The van der Waals surface area contributed by atoms with Gasteiger partial charge in [0.2, 0.25) is 0 Å². The van der Waals surface area contributed by atoms with Crippen LogP contribution in [0.5, 0.6) is 0 Å². The maximum Gasteiger partial charge on any atom is 0.350 e. The van der Waals surface area contributed by atoms with Gasteiger partial charge in [0.1, 0.15) is 11.4 Å². The van der Waals surface area contributed by atoms with Crippen molar-refractivity contribution in [1.82, 2.24) is 5.43 Å². The van der Waals surface area contributed by atoms with Gasteiger partial charge in [-0.3, -0.25) is 9.80 Å². The number of ether oxygens (including phenoxy) is 1. The normalized spacial score (nSPS) is 19.5. The van der Waals surface area contributed by atoms with Gasteiger partial charge < -0.3 is 9.84 Å². The van der Waals surface area contributed by atoms with Crippen molar-refractivity contribution in [3.63, 3.8) is 0 Å². The van der Waals surface area contributed by atoms with Crippen LogP contribution in [0.2, 0.25) is 0 Å². The van der Waals surface area contributed by atoms with Crippen LogP contribution in [0.25, 0.3) is 0 Å². The molecule has 28 heavy (non-hydrogen) atoms. The second-order valence-electron chi connectivity index (χ2n) is 8.38. The van der Waals surface area contributed by atoms with Crippen molar-refractivity contribution in [1.29, 1.82) is 0 Å². The predicted octanol–water partition coefficient (Wildman–Crippen LogP) is 3.91. The highest BCUT2D eigenvalue weighted by molar-refractivity contribution is 7.15. The van der Waals surface area contributed by atoms with Crippen LogP contribution in [0.1, 0.15) is 67.9 Å². The van der Waals surface area contributed by atoms with Gasteiger partial charge in [0.15, 0.2) is 0 Å². The molecule has 1 heterocycles. The molecule has 0 aliphatic heterocycles. The summed E-state index contributed by atoms with van der Waals surface area (Å²) in [4.78, 5) is 24.8. The fraction of sp³-hybridized carbons (Fsp3) is 0.619. The number of thiophene rings is 1. The third kappa shape index (κ3) is 6.54. The highest BCUT2D eigenvalue weighted by atomic mass is 32.1. The maximum atomic E-state index is 12.3. The van der Waals surface area contributed by atoms with Crippen molar-refractivity contribution in [3.05, 3.63) is 15.8 Å². The van der Waals surface area contributed by atoms with Crippen LogP contribution in [0.15, 0.2) is 6.07 Å². The number of esters is 1. The molecule has 2 N–H and O–H groups in total. The lowest BCUT2D eigenvalue weighted by Crippen LogP contribution is -2.49. The van der Waals surface area contributed by atoms with Crippen molar-refractivity contribution < 1.29 is 19.4 Å². The van der Waals surface area contributed by atoms with Crippen molar-refractivity contribution in [2.75, 3.05) is 18.7 Å². The molecule has 0 unspecified atom stereocenters. The average molecular weight is 407 g/mol. The van der Waals surface area contributed by atoms with Crippen molar-refractivity contribution in [2.45, 2.75) is 59.4 Å². The number of methoxy groups -OCH3 is 1. The van der Waals surface area contributed by atoms with Gasteiger partial charge in [-0.2, -0.15) is 0 Å². The van der Waals surface area contributed by atoms with E-state index in [1.165, 1.54) is 18.4 Å². The number of hydrogen-bond donors (Lipinski definition) is 2. The van der Waals surface area contributed by atoms with Crippen molar-refractivity contribution in [3.8, 4) is 11.8 Å². The highest BCUT2D eigenvalue weighted by Gasteiger charge is 2.26. The zero-order chi connectivity index (χ0) is 20.9. The smallest absolute Gasteiger partial charge is 0.350 e. The Bertz CT molecular complexity index is 762. The van der Waals surface area contributed by atoms with Gasteiger partial charge in [-0.25, -0.2) is 10.2 Å². The Hall–Kier alpha value is -2.04. The molecular weight excluding hydrogens is 376 g/mol. The molecule has 0 aromatic carbocycles. The van der Waals surface area contributed by atoms with Gasteiger partial charge in [0, 0.05) is 11.5 Å². The van der Waals surface area contributed by atoms with E-state index in [9.17, 15) is 14.7 Å². The van der Waals surface area contributed by atoms with E-state index in [-0.39, 0.29) is 18.0 Å². The number of carboxylic acid groups (broad SMARTS) is 1. The van der Waals surface area contributed by atoms with E-state index in [0.717, 1.165) is 25.7 Å². The third-order valence-electron chi connectivity index (χ3n) is 4.58. The van der Waals surface area contributed by atoms with E-state index in [0.29, 0.717) is 21.4 Å². The summed E-state index contributed by atoms with van der Waals surface area (Å²) in [5.41, 5.74) is 3.67. The number of rotatable bonds is 6. The number of hydrazine groups is 1. The van der Waals surface area contributed by atoms with E-state index in [1.807, 2.05) is 20.8 Å². The van der Waals surface area contributed by atoms with Crippen molar-refractivity contribution in [2.24, 2.45) is 11.3 Å². The van der Waals surface area contributed by atoms with Gasteiger partial charge in [-0.1, -0.05) is 18.8 Å². The molecule has 154 valence electrons. The first-order chi connectivity index (χ1) is 13.1. The summed E-state index contributed by atoms with van der Waals surface area (Å²) >= 11 is 1.23. The molecule has 1 saturated carbocycles. The van der Waals surface area contributed by atoms with Gasteiger partial charge in [0.25, 0.3) is 0 Å². The van der Waals surface area contributed by atoms with Gasteiger partial charge in [-0.05, 0) is 58.4 Å². The third-order valence-corrected chi connectivity index (χ3v) is 5.60. The Morgan fingerprint density at radius 1 is 1.32 bits per heavy atom. The highest BCUT2D eigenvalue weighted by Crippen LogP contribution is 2.32. The van der Waals surface area contributed by atoms with Crippen LogP contribution in [-0.2, 0) is 9.53 Å². The molecule has 6 nitrogen and oxygen atoms in total. The van der Waals surface area contributed by atoms with Crippen LogP contribution in [0.3, 0.4) is 0 Å². The van der Waals surface area contributed by atoms with Gasteiger partial charge >= 0.3 is 11.9 Å². The Kier molecular flexibility index (Phi) is 7.50. The minimum absolute atomic E-state index is 0.173. The molecule has 1 aliphatic rings. The number of carboxylic acids is 1. The lowest BCUT2D eigenvalue weighted by Gasteiger charge is -2.33. The quantitative estimate of drug-likeness (QED) is 0.424. The Balaban J connectivity index is 2.35. The molecular formula is C21H30N2O4S. The number of hydrogen-bond acceptors (Lipinski definition) is 6. The lowest BCUT2D eigenvalue weighted by atomic mass is 9.88. The number of nitrogens with zero attached hydrogens (tertiary/aromatic N) is 1. The Morgan fingerprint density at radius 3 is 2.50 bits per heavy atom. The van der Waals surface area contributed by atoms with E-state index in [4.69, 9.17) is 4.74 Å². The van der Waals surface area contributed by atoms with Crippen LogP contribution in [-0.4, -0.2) is 36.7 Å². The van der Waals surface area contributed by atoms with Crippen LogP contribution >= 0.6 is 11.3 Å². The molecule has 2 rings (SSSR count). The zero-order valence-electron chi connectivity index (χ0n) is 17.3. The second kappa shape index (κ2) is 9.44. The Labute approximate surface area is 171 Å². The first kappa shape index (κ1) is 22.3. The van der Waals surface area contributed by atoms with E-state index >= 15 is 0 Å². The van der Waals surface area contributed by atoms with Crippen LogP contribution < -0.4 is 10.4 Å². The average Bonchev–Trinajstić information content (AvgIpc) is 3.04. The van der Waals surface area contributed by atoms with Crippen molar-refractivity contribution >= 4 is 29.0 Å². The molecule has 1 aliphatic carbocycles. The summed E-state index contributed by atoms with van der Waals surface area (Å²) in [5, 5.41) is 11.0. The number of carbonyl (C=O) groups excluding carboxylic acids is 1. The minimum atomic E-state index is -0.971. The molecule has 0 radical (unpaired) electrons. The monoisotopic (exact) mass is 406 g/mol. The lowest BCUT2D eigenvalue weighted by molar-refractivity contribution is -0.135. The summed E-state index contributed by atoms with van der Waals surface area (Å²) < 4.78 is 4.92. The minimum Gasteiger partial charge on any atom is -0.480 e. The number of anilines is 1. The molecule has 1 fully saturated rings. The van der Waals surface area contributed by atoms with Gasteiger partial charge in [0.05, 0.1) is 17.7 Å². The summed E-state index contributed by atoms with van der Waals surface area (Å²) in [6, 6.07) is 1.96. The number of carbonyl (C=O) groups is 2. The molecule has 0 amide bonds. The fourth-order valence-electron chi connectivity index (χ4n) is 3.08. The summed E-state index contributed by atoms with van der Waals surface area (Å²) in [7, 11) is 1.32. The molecule has 1 aromatic heterocycles. The number of aliphatic carboxylic acids is 1. The summed E-state index contributed by atoms with van der Waals surface area (Å²) in [6.45, 7) is 8.02. The number of nitrogens with one attached hydrogen (secondary N) is 1. The van der Waals surface area contributed by atoms with Gasteiger partial charge in [-0.15, -0.1) is 11.3 Å². The molecule has 1 aromatic rings. The first-order valence-corrected chi connectivity index (χ1v) is 10.4. The molecule has 0 saturated heterocycles. The standard InChI is InChI=1S/C21H30N2O4S/c1-14-6-8-15(9-7-14)22-23(13-18(24)25)17-12-16(10-11-21(2,3)4)28-19(17)20(26)27-5/h12,14-15,22H,6-9,13H2,1-5H3,(H,24,25). The molecule has 7 heteroatoms. The summed E-state index contributed by atoms with van der Waals surface area (Å²) in [6.07, 6.45) is 4.17. The van der Waals surface area contributed by atoms with E-state index < -0.39 is 11.9 Å². The first-order valence-electron chi connectivity index (χ1n) is 9.60. The zero-order valence-corrected chi connectivity index (χ0v) is 18.1. The molecule has 0 atom stereocenters. The summed E-state index contributed by atoms with van der Waals surface area (Å²) in [5.74, 6) is 5.49. The van der Waals surface area contributed by atoms with E-state index in [1.54, 1.807) is 11.1 Å². The van der Waals surface area contributed by atoms with Crippen LogP contribution in [0, 0.1) is 23.2 Å². The fourth-order valence-corrected chi connectivity index (χ4v) is 4.01. The van der Waals surface area contributed by atoms with E-state index in [2.05, 4.69) is 24.2 Å². The second-order valence-corrected chi connectivity index (χ2v) is 9.43. The SMILES string of the molecule is COC(=O)c1sc(C#CC(C)(C)C)cc1N(CC(=O)O)NC1CCC(C)CC1. The largest absolute Gasteiger partial charge is 0.480 e. The maximum absolute atomic E-state index is 12.3. The van der Waals surface area contributed by atoms with Crippen LogP contribution in [0.4, 0.5) is 5.69 Å². The predicted molar refractivity (Wildman–Crippen MR) is 112 cm³/mol. The molecule has 0 spiro atoms. The topological polar surface area (TPSA) is 78.9 Å².